The molecule has 0 aromatic heterocycles. The van der Waals surface area contributed by atoms with Crippen molar-refractivity contribution in [1.29, 1.82) is 0 Å². The van der Waals surface area contributed by atoms with Crippen LogP contribution in [0, 0.1) is 0 Å². The van der Waals surface area contributed by atoms with Gasteiger partial charge in [0.1, 0.15) is 0 Å². The van der Waals surface area contributed by atoms with Crippen LogP contribution in [0.15, 0.2) is 12.7 Å². The summed E-state index contributed by atoms with van der Waals surface area (Å²) in [6.07, 6.45) is 10.1. The van der Waals surface area contributed by atoms with Crippen molar-refractivity contribution >= 4 is 5.97 Å². The van der Waals surface area contributed by atoms with Gasteiger partial charge in [-0.05, 0) is 19.3 Å². The summed E-state index contributed by atoms with van der Waals surface area (Å²) in [4.78, 5) is 10.2. The minimum atomic E-state index is -0.674. The topological polar surface area (TPSA) is 37.3 Å². The summed E-state index contributed by atoms with van der Waals surface area (Å²) in [6, 6.07) is 0. The average molecular weight is 248 g/mol. The molecule has 0 unspecified atom stereocenters. The molecule has 0 atom stereocenters. The zero-order valence-corrected chi connectivity index (χ0v) is 9.54. The summed E-state index contributed by atoms with van der Waals surface area (Å²) in [5.74, 6) is -0.674. The van der Waals surface area contributed by atoms with Gasteiger partial charge < -0.3 is 5.11 Å². The number of hydrogen-bond donors (Lipinski definition) is 1. The fourth-order valence-corrected chi connectivity index (χ4v) is 1.27. The largest absolute Gasteiger partial charge is 2.00 e. The summed E-state index contributed by atoms with van der Waals surface area (Å²) in [7, 11) is 0. The minimum Gasteiger partial charge on any atom is -0.481 e. The first kappa shape index (κ1) is 16.2. The van der Waals surface area contributed by atoms with Crippen molar-refractivity contribution in [2.45, 2.75) is 51.4 Å². The van der Waals surface area contributed by atoms with Crippen LogP contribution in [0.4, 0.5) is 0 Å². The van der Waals surface area contributed by atoms with Crippen LogP contribution in [0.3, 0.4) is 0 Å². The molecule has 1 radical (unpaired) electrons. The fourth-order valence-electron chi connectivity index (χ4n) is 1.27. The van der Waals surface area contributed by atoms with Crippen LogP contribution in [-0.4, -0.2) is 11.1 Å². The Morgan fingerprint density at radius 3 is 2.07 bits per heavy atom. The van der Waals surface area contributed by atoms with Crippen molar-refractivity contribution in [2.75, 3.05) is 0 Å². The monoisotopic (exact) mass is 247 g/mol. The normalized spacial score (nSPS) is 9.14. The second-order valence-corrected chi connectivity index (χ2v) is 3.34. The molecule has 0 heterocycles. The van der Waals surface area contributed by atoms with Crippen molar-refractivity contribution < 1.29 is 27.0 Å². The Bertz CT molecular complexity index is 146. The molecule has 0 aromatic carbocycles. The summed E-state index contributed by atoms with van der Waals surface area (Å²) < 4.78 is 0. The van der Waals surface area contributed by atoms with Crippen LogP contribution in [0.1, 0.15) is 51.4 Å². The number of aliphatic carboxylic acids is 1. The standard InChI is InChI=1S/C11H20O2.Cu/c1-2-3-4-5-6-7-8-9-10-11(12)13;/h2H,1,3-10H2,(H,12,13);/q;+2. The third kappa shape index (κ3) is 14.3. The van der Waals surface area contributed by atoms with E-state index in [2.05, 4.69) is 6.58 Å². The van der Waals surface area contributed by atoms with Crippen LogP contribution in [0.2, 0.25) is 0 Å². The number of carboxylic acid groups (broad SMARTS) is 1. The molecular formula is C11H20CuO2+2. The van der Waals surface area contributed by atoms with Gasteiger partial charge in [0.2, 0.25) is 0 Å². The molecule has 0 amide bonds. The molecule has 0 aliphatic carbocycles. The molecule has 3 heteroatoms. The molecule has 0 aliphatic rings. The van der Waals surface area contributed by atoms with Gasteiger partial charge in [-0.1, -0.05) is 31.8 Å². The maximum Gasteiger partial charge on any atom is 2.00 e. The Morgan fingerprint density at radius 1 is 1.07 bits per heavy atom. The minimum absolute atomic E-state index is 0. The van der Waals surface area contributed by atoms with E-state index in [0.29, 0.717) is 6.42 Å². The molecule has 0 fully saturated rings. The van der Waals surface area contributed by atoms with E-state index < -0.39 is 5.97 Å². The van der Waals surface area contributed by atoms with Crippen molar-refractivity contribution in [1.82, 2.24) is 0 Å². The molecule has 0 aliphatic heterocycles. The second-order valence-electron chi connectivity index (χ2n) is 3.34. The zero-order chi connectivity index (χ0) is 9.94. The number of allylic oxidation sites excluding steroid dienone is 1. The Morgan fingerprint density at radius 2 is 1.57 bits per heavy atom. The van der Waals surface area contributed by atoms with Gasteiger partial charge >= 0.3 is 23.0 Å². The van der Waals surface area contributed by atoms with E-state index >= 15 is 0 Å². The quantitative estimate of drug-likeness (QED) is 0.385. The zero-order valence-electron chi connectivity index (χ0n) is 8.60. The first-order valence-corrected chi connectivity index (χ1v) is 5.10. The Hall–Kier alpha value is -0.271. The first-order valence-electron chi connectivity index (χ1n) is 5.10. The van der Waals surface area contributed by atoms with Gasteiger partial charge in [0.05, 0.1) is 0 Å². The maximum atomic E-state index is 10.2. The van der Waals surface area contributed by atoms with Crippen molar-refractivity contribution in [2.24, 2.45) is 0 Å². The van der Waals surface area contributed by atoms with Gasteiger partial charge in [-0.15, -0.1) is 6.58 Å². The van der Waals surface area contributed by atoms with E-state index in [1.54, 1.807) is 0 Å². The Balaban J connectivity index is 0. The predicted octanol–water partition coefficient (Wildman–Crippen LogP) is 3.38. The van der Waals surface area contributed by atoms with Crippen LogP contribution >= 0.6 is 0 Å². The molecule has 0 saturated carbocycles. The number of carboxylic acids is 1. The molecule has 1 N–H and O–H groups in total. The summed E-state index contributed by atoms with van der Waals surface area (Å²) >= 11 is 0. The van der Waals surface area contributed by atoms with E-state index in [1.165, 1.54) is 25.7 Å². The van der Waals surface area contributed by atoms with Gasteiger partial charge in [-0.2, -0.15) is 0 Å². The Kier molecular flexibility index (Phi) is 14.7. The predicted molar refractivity (Wildman–Crippen MR) is 54.8 cm³/mol. The van der Waals surface area contributed by atoms with E-state index in [1.807, 2.05) is 6.08 Å². The molecule has 0 saturated heterocycles. The second kappa shape index (κ2) is 12.7. The van der Waals surface area contributed by atoms with Crippen molar-refractivity contribution in [3.63, 3.8) is 0 Å². The number of rotatable bonds is 9. The average Bonchev–Trinajstić information content (AvgIpc) is 2.09. The number of unbranched alkanes of at least 4 members (excludes halogenated alkanes) is 6. The third-order valence-corrected chi connectivity index (χ3v) is 2.05. The fraction of sp³-hybridized carbons (Fsp3) is 0.727. The molecule has 0 spiro atoms. The van der Waals surface area contributed by atoms with Crippen molar-refractivity contribution in [3.8, 4) is 0 Å². The van der Waals surface area contributed by atoms with E-state index in [9.17, 15) is 4.79 Å². The molecule has 14 heavy (non-hydrogen) atoms. The Labute approximate surface area is 97.3 Å². The number of carbonyl (C=O) groups is 1. The van der Waals surface area contributed by atoms with Crippen LogP contribution in [-0.2, 0) is 21.9 Å². The van der Waals surface area contributed by atoms with Gasteiger partial charge in [-0.25, -0.2) is 0 Å². The smallest absolute Gasteiger partial charge is 0.481 e. The summed E-state index contributed by atoms with van der Waals surface area (Å²) in [5, 5.41) is 8.38. The van der Waals surface area contributed by atoms with E-state index in [4.69, 9.17) is 5.11 Å². The first-order chi connectivity index (χ1) is 6.27. The maximum absolute atomic E-state index is 10.2. The van der Waals surface area contributed by atoms with Gasteiger partial charge in [-0.3, -0.25) is 4.79 Å². The summed E-state index contributed by atoms with van der Waals surface area (Å²) in [5.41, 5.74) is 0. The van der Waals surface area contributed by atoms with Gasteiger partial charge in [0.25, 0.3) is 0 Å². The van der Waals surface area contributed by atoms with Gasteiger partial charge in [0, 0.05) is 6.42 Å². The molecule has 0 bridgehead atoms. The molecule has 0 rings (SSSR count). The van der Waals surface area contributed by atoms with E-state index in [-0.39, 0.29) is 17.1 Å². The SMILES string of the molecule is C=CCCCCCCCCC(=O)O.[Cu+2]. The van der Waals surface area contributed by atoms with Crippen LogP contribution < -0.4 is 0 Å². The van der Waals surface area contributed by atoms with Crippen molar-refractivity contribution in [3.05, 3.63) is 12.7 Å². The number of hydrogen-bond acceptors (Lipinski definition) is 1. The van der Waals surface area contributed by atoms with E-state index in [0.717, 1.165) is 19.3 Å². The molecule has 85 valence electrons. The van der Waals surface area contributed by atoms with Gasteiger partial charge in [0.15, 0.2) is 0 Å². The molecule has 0 aromatic rings. The van der Waals surface area contributed by atoms with Crippen LogP contribution in [0.5, 0.6) is 0 Å². The van der Waals surface area contributed by atoms with Crippen LogP contribution in [0.25, 0.3) is 0 Å². The third-order valence-electron chi connectivity index (χ3n) is 2.05. The molecule has 2 nitrogen and oxygen atoms in total. The molecular weight excluding hydrogens is 228 g/mol. The summed E-state index contributed by atoms with van der Waals surface area (Å²) in [6.45, 7) is 3.66.